The highest BCUT2D eigenvalue weighted by Gasteiger charge is 2.30. The number of hydrogen-bond donors (Lipinski definition) is 0. The third-order valence-corrected chi connectivity index (χ3v) is 5.62. The van der Waals surface area contributed by atoms with Gasteiger partial charge in [-0.2, -0.15) is 0 Å². The second kappa shape index (κ2) is 14.3. The smallest absolute Gasteiger partial charge is 0.183 e. The van der Waals surface area contributed by atoms with Crippen molar-refractivity contribution in [3.05, 3.63) is 35.9 Å². The summed E-state index contributed by atoms with van der Waals surface area (Å²) in [6.07, 6.45) is 18.1. The van der Waals surface area contributed by atoms with Gasteiger partial charge in [0.1, 0.15) is 4.87 Å². The summed E-state index contributed by atoms with van der Waals surface area (Å²) in [5.74, 6) is 0.0544. The fourth-order valence-corrected chi connectivity index (χ4v) is 3.72. The van der Waals surface area contributed by atoms with Crippen LogP contribution in [0.4, 0.5) is 0 Å². The van der Waals surface area contributed by atoms with Gasteiger partial charge < -0.3 is 0 Å². The van der Waals surface area contributed by atoms with E-state index in [1.807, 2.05) is 37.3 Å². The molecule has 0 spiro atoms. The van der Waals surface area contributed by atoms with Crippen molar-refractivity contribution in [3.63, 3.8) is 0 Å². The molecule has 1 aromatic rings. The van der Waals surface area contributed by atoms with E-state index in [-0.39, 0.29) is 5.78 Å². The second-order valence-electron chi connectivity index (χ2n) is 7.89. The molecule has 1 aromatic carbocycles. The summed E-state index contributed by atoms with van der Waals surface area (Å²) in [5, 5.41) is 0. The van der Waals surface area contributed by atoms with Gasteiger partial charge in [0.15, 0.2) is 5.78 Å². The summed E-state index contributed by atoms with van der Waals surface area (Å²) in [5.41, 5.74) is 0.722. The van der Waals surface area contributed by atoms with Crippen LogP contribution in [0.25, 0.3) is 0 Å². The summed E-state index contributed by atoms with van der Waals surface area (Å²) in [7, 11) is 0. The Morgan fingerprint density at radius 1 is 0.769 bits per heavy atom. The average Bonchev–Trinajstić information content (AvgIpc) is 2.65. The van der Waals surface area contributed by atoms with Crippen LogP contribution in [0.5, 0.6) is 0 Å². The molecule has 0 aliphatic carbocycles. The molecule has 1 atom stereocenters. The van der Waals surface area contributed by atoms with Crippen molar-refractivity contribution in [1.29, 1.82) is 0 Å². The van der Waals surface area contributed by atoms with E-state index >= 15 is 0 Å². The third kappa shape index (κ3) is 10.4. The minimum Gasteiger partial charge on any atom is -0.292 e. The first-order chi connectivity index (χ1) is 12.6. The zero-order valence-corrected chi connectivity index (χ0v) is 17.8. The second-order valence-corrected chi connectivity index (χ2v) is 8.72. The van der Waals surface area contributed by atoms with Crippen LogP contribution in [0.15, 0.2) is 30.3 Å². The van der Waals surface area contributed by atoms with Gasteiger partial charge in [-0.15, -0.1) is 11.6 Å². The number of carbonyl (C=O) groups is 1. The maximum atomic E-state index is 12.5. The summed E-state index contributed by atoms with van der Waals surface area (Å²) in [6.45, 7) is 4.14. The van der Waals surface area contributed by atoms with E-state index in [9.17, 15) is 4.79 Å². The van der Waals surface area contributed by atoms with Crippen molar-refractivity contribution >= 4 is 17.4 Å². The molecule has 0 radical (unpaired) electrons. The molecule has 148 valence electrons. The van der Waals surface area contributed by atoms with Crippen molar-refractivity contribution in [3.8, 4) is 0 Å². The van der Waals surface area contributed by atoms with Crippen molar-refractivity contribution in [2.45, 2.75) is 109 Å². The Bertz CT molecular complexity index is 466. The molecule has 26 heavy (non-hydrogen) atoms. The Morgan fingerprint density at radius 3 is 1.65 bits per heavy atom. The highest BCUT2D eigenvalue weighted by molar-refractivity contribution is 6.37. The Balaban J connectivity index is 1.99. The summed E-state index contributed by atoms with van der Waals surface area (Å²) in [6, 6.07) is 9.42. The number of halogens is 1. The van der Waals surface area contributed by atoms with E-state index in [4.69, 9.17) is 11.6 Å². The molecule has 0 saturated heterocycles. The molecule has 1 nitrogen and oxygen atoms in total. The SMILES string of the molecule is CCCCCCCCCCCCCCCC(C)(Cl)C(=O)c1ccccc1. The van der Waals surface area contributed by atoms with Crippen LogP contribution >= 0.6 is 11.6 Å². The Morgan fingerprint density at radius 2 is 1.19 bits per heavy atom. The highest BCUT2D eigenvalue weighted by Crippen LogP contribution is 2.27. The van der Waals surface area contributed by atoms with Crippen molar-refractivity contribution < 1.29 is 4.79 Å². The summed E-state index contributed by atoms with van der Waals surface area (Å²) >= 11 is 6.51. The van der Waals surface area contributed by atoms with E-state index in [0.29, 0.717) is 0 Å². The third-order valence-electron chi connectivity index (χ3n) is 5.26. The fraction of sp³-hybridized carbons (Fsp3) is 0.708. The summed E-state index contributed by atoms with van der Waals surface area (Å²) in [4.78, 5) is 11.7. The lowest BCUT2D eigenvalue weighted by atomic mass is 9.93. The number of rotatable bonds is 16. The minimum atomic E-state index is -0.765. The van der Waals surface area contributed by atoms with Crippen LogP contribution in [-0.4, -0.2) is 10.7 Å². The number of hydrogen-bond acceptors (Lipinski definition) is 1. The monoisotopic (exact) mass is 378 g/mol. The molecule has 0 aromatic heterocycles. The first kappa shape index (κ1) is 23.2. The lowest BCUT2D eigenvalue weighted by Crippen LogP contribution is -2.28. The lowest BCUT2D eigenvalue weighted by molar-refractivity contribution is 0.0940. The molecule has 0 bridgehead atoms. The normalized spacial score (nSPS) is 13.5. The number of unbranched alkanes of at least 4 members (excludes halogenated alkanes) is 12. The molecule has 1 rings (SSSR count). The Kier molecular flexibility index (Phi) is 12.7. The van der Waals surface area contributed by atoms with Crippen molar-refractivity contribution in [2.75, 3.05) is 0 Å². The van der Waals surface area contributed by atoms with Gasteiger partial charge in [0.05, 0.1) is 0 Å². The molecule has 0 N–H and O–H groups in total. The van der Waals surface area contributed by atoms with Gasteiger partial charge in [0, 0.05) is 5.56 Å². The van der Waals surface area contributed by atoms with Crippen LogP contribution in [0.1, 0.15) is 114 Å². The average molecular weight is 379 g/mol. The molecule has 0 heterocycles. The number of carbonyl (C=O) groups excluding carboxylic acids is 1. The van der Waals surface area contributed by atoms with Gasteiger partial charge in [-0.3, -0.25) is 4.79 Å². The topological polar surface area (TPSA) is 17.1 Å². The molecule has 2 heteroatoms. The molecule has 0 saturated carbocycles. The first-order valence-corrected chi connectivity index (χ1v) is 11.2. The van der Waals surface area contributed by atoms with Crippen LogP contribution < -0.4 is 0 Å². The van der Waals surface area contributed by atoms with Gasteiger partial charge in [0.2, 0.25) is 0 Å². The highest BCUT2D eigenvalue weighted by atomic mass is 35.5. The van der Waals surface area contributed by atoms with Crippen LogP contribution in [0, 0.1) is 0 Å². The van der Waals surface area contributed by atoms with E-state index < -0.39 is 4.87 Å². The van der Waals surface area contributed by atoms with E-state index in [1.54, 1.807) is 0 Å². The number of Topliss-reactive ketones (excluding diaryl/α,β-unsaturated/α-hetero) is 1. The predicted octanol–water partition coefficient (Wildman–Crippen LogP) is 8.35. The zero-order valence-electron chi connectivity index (χ0n) is 17.1. The maximum Gasteiger partial charge on any atom is 0.183 e. The molecule has 0 fully saturated rings. The molecule has 0 aliphatic heterocycles. The van der Waals surface area contributed by atoms with Crippen molar-refractivity contribution in [2.24, 2.45) is 0 Å². The van der Waals surface area contributed by atoms with E-state index in [2.05, 4.69) is 6.92 Å². The van der Waals surface area contributed by atoms with Crippen LogP contribution in [0.2, 0.25) is 0 Å². The first-order valence-electron chi connectivity index (χ1n) is 10.9. The lowest BCUT2D eigenvalue weighted by Gasteiger charge is -2.20. The van der Waals surface area contributed by atoms with Crippen LogP contribution in [-0.2, 0) is 0 Å². The molecule has 0 aliphatic rings. The van der Waals surface area contributed by atoms with Gasteiger partial charge in [0.25, 0.3) is 0 Å². The number of benzene rings is 1. The largest absolute Gasteiger partial charge is 0.292 e. The van der Waals surface area contributed by atoms with Gasteiger partial charge in [-0.1, -0.05) is 121 Å². The van der Waals surface area contributed by atoms with Gasteiger partial charge in [-0.05, 0) is 13.3 Å². The molecular formula is C24H39ClO. The minimum absolute atomic E-state index is 0.0544. The Hall–Kier alpha value is -0.820. The molecular weight excluding hydrogens is 340 g/mol. The number of alkyl halides is 1. The van der Waals surface area contributed by atoms with Crippen LogP contribution in [0.3, 0.4) is 0 Å². The summed E-state index contributed by atoms with van der Waals surface area (Å²) < 4.78 is 0. The number of ketones is 1. The zero-order chi connectivity index (χ0) is 19.1. The van der Waals surface area contributed by atoms with Gasteiger partial charge in [-0.25, -0.2) is 0 Å². The predicted molar refractivity (Wildman–Crippen MR) is 115 cm³/mol. The van der Waals surface area contributed by atoms with E-state index in [1.165, 1.54) is 77.0 Å². The van der Waals surface area contributed by atoms with Gasteiger partial charge >= 0.3 is 0 Å². The Labute approximate surface area is 166 Å². The fourth-order valence-electron chi connectivity index (χ4n) is 3.48. The molecule has 1 unspecified atom stereocenters. The quantitative estimate of drug-likeness (QED) is 0.160. The molecule has 0 amide bonds. The van der Waals surface area contributed by atoms with Crippen molar-refractivity contribution in [1.82, 2.24) is 0 Å². The maximum absolute atomic E-state index is 12.5. The van der Waals surface area contributed by atoms with E-state index in [0.717, 1.165) is 18.4 Å². The standard InChI is InChI=1S/C24H39ClO/c1-3-4-5-6-7-8-9-10-11-12-13-14-18-21-24(2,25)23(26)22-19-16-15-17-20-22/h15-17,19-20H,3-14,18,21H2,1-2H3.